The van der Waals surface area contributed by atoms with E-state index in [2.05, 4.69) is 0 Å². The van der Waals surface area contributed by atoms with Crippen molar-refractivity contribution in [1.82, 2.24) is 0 Å². The fraction of sp³-hybridized carbons (Fsp3) is 1.00. The molecule has 0 saturated heterocycles. The van der Waals surface area contributed by atoms with Gasteiger partial charge < -0.3 is 24.7 Å². The summed E-state index contributed by atoms with van der Waals surface area (Å²) in [5, 5.41) is 4.68. The van der Waals surface area contributed by atoms with Crippen molar-refractivity contribution < 1.29 is 38.2 Å². The first-order valence-corrected chi connectivity index (χ1v) is 5.68. The Kier molecular flexibility index (Phi) is 10.4. The molecule has 0 aromatic carbocycles. The van der Waals surface area contributed by atoms with E-state index in [-0.39, 0.29) is 59.1 Å². The van der Waals surface area contributed by atoms with Gasteiger partial charge in [0.25, 0.3) is 5.08 Å². The van der Waals surface area contributed by atoms with Gasteiger partial charge in [-0.3, -0.25) is 9.13 Å². The second-order valence-electron chi connectivity index (χ2n) is 2.00. The van der Waals surface area contributed by atoms with E-state index in [1.807, 2.05) is 0 Å². The SMILES string of the molecule is O=P(O)(O)C(O)(CF)P(=O)(O)O.[NaH].[NaH]. The van der Waals surface area contributed by atoms with Crippen molar-refractivity contribution in [2.75, 3.05) is 6.67 Å². The summed E-state index contributed by atoms with van der Waals surface area (Å²) in [7, 11) is -11.2. The van der Waals surface area contributed by atoms with E-state index in [0.29, 0.717) is 0 Å². The molecule has 14 heavy (non-hydrogen) atoms. The second-order valence-corrected chi connectivity index (χ2v) is 6.00. The predicted octanol–water partition coefficient (Wildman–Crippen LogP) is -2.34. The van der Waals surface area contributed by atoms with Gasteiger partial charge in [0.15, 0.2) is 0 Å². The molecule has 0 heterocycles. The van der Waals surface area contributed by atoms with Gasteiger partial charge in [-0.2, -0.15) is 0 Å². The Labute approximate surface area is 123 Å². The number of alkyl halides is 1. The average molecular weight is 272 g/mol. The zero-order valence-electron chi connectivity index (χ0n) is 5.53. The van der Waals surface area contributed by atoms with Crippen LogP contribution in [0.5, 0.6) is 0 Å². The molecule has 0 bridgehead atoms. The maximum absolute atomic E-state index is 11.8. The minimum atomic E-state index is -5.59. The maximum atomic E-state index is 11.8. The van der Waals surface area contributed by atoms with Crippen LogP contribution in [0.15, 0.2) is 0 Å². The summed E-state index contributed by atoms with van der Waals surface area (Å²) in [6.07, 6.45) is 0. The summed E-state index contributed by atoms with van der Waals surface area (Å²) in [5.74, 6) is 0. The van der Waals surface area contributed by atoms with Crippen LogP contribution in [0.4, 0.5) is 4.39 Å². The van der Waals surface area contributed by atoms with Gasteiger partial charge in [-0.05, 0) is 0 Å². The molecule has 12 heteroatoms. The summed E-state index contributed by atoms with van der Waals surface area (Å²) < 4.78 is 32.3. The zero-order valence-corrected chi connectivity index (χ0v) is 7.32. The van der Waals surface area contributed by atoms with Crippen LogP contribution < -0.4 is 0 Å². The van der Waals surface area contributed by atoms with E-state index >= 15 is 0 Å². The fourth-order valence-electron chi connectivity index (χ4n) is 0.325. The van der Waals surface area contributed by atoms with E-state index < -0.39 is 26.9 Å². The van der Waals surface area contributed by atoms with Crippen LogP contribution >= 0.6 is 15.2 Å². The van der Waals surface area contributed by atoms with Crippen molar-refractivity contribution in [3.63, 3.8) is 0 Å². The monoisotopic (exact) mass is 272 g/mol. The molecular weight excluding hydrogens is 263 g/mol. The Morgan fingerprint density at radius 1 is 1.00 bits per heavy atom. The van der Waals surface area contributed by atoms with Crippen molar-refractivity contribution in [3.8, 4) is 0 Å². The van der Waals surface area contributed by atoms with Crippen LogP contribution in [0, 0.1) is 0 Å². The van der Waals surface area contributed by atoms with Gasteiger partial charge in [-0.1, -0.05) is 0 Å². The molecule has 0 aliphatic heterocycles. The van der Waals surface area contributed by atoms with Gasteiger partial charge in [0.2, 0.25) is 0 Å². The summed E-state index contributed by atoms with van der Waals surface area (Å²) >= 11 is 0. The Morgan fingerprint density at radius 3 is 1.21 bits per heavy atom. The van der Waals surface area contributed by atoms with Crippen LogP contribution in [0.1, 0.15) is 0 Å². The second kappa shape index (κ2) is 6.81. The molecule has 0 amide bonds. The van der Waals surface area contributed by atoms with Crippen LogP contribution in [-0.4, -0.2) is 95.6 Å². The molecule has 0 aromatic rings. The average Bonchev–Trinajstić information content (AvgIpc) is 1.81. The normalized spacial score (nSPS) is 12.7. The predicted molar refractivity (Wildman–Crippen MR) is 49.3 cm³/mol. The summed E-state index contributed by atoms with van der Waals surface area (Å²) in [6.45, 7) is -2.22. The van der Waals surface area contributed by atoms with E-state index in [1.165, 1.54) is 0 Å². The van der Waals surface area contributed by atoms with Gasteiger partial charge in [0.1, 0.15) is 6.67 Å². The van der Waals surface area contributed by atoms with E-state index in [1.54, 1.807) is 0 Å². The topological polar surface area (TPSA) is 135 Å². The first-order chi connectivity index (χ1) is 5.06. The summed E-state index contributed by atoms with van der Waals surface area (Å²) in [5.41, 5.74) is 0. The van der Waals surface area contributed by atoms with E-state index in [4.69, 9.17) is 24.7 Å². The van der Waals surface area contributed by atoms with Crippen molar-refractivity contribution in [2.45, 2.75) is 5.08 Å². The van der Waals surface area contributed by atoms with Crippen molar-refractivity contribution in [2.24, 2.45) is 0 Å². The van der Waals surface area contributed by atoms with Gasteiger partial charge >= 0.3 is 74.3 Å². The van der Waals surface area contributed by atoms with Crippen molar-refractivity contribution in [3.05, 3.63) is 0 Å². The zero-order chi connectivity index (χ0) is 10.2. The van der Waals surface area contributed by atoms with Crippen LogP contribution in [-0.2, 0) is 9.13 Å². The van der Waals surface area contributed by atoms with Crippen molar-refractivity contribution in [1.29, 1.82) is 0 Å². The summed E-state index contributed by atoms with van der Waals surface area (Å²) in [4.78, 5) is 32.8. The first kappa shape index (κ1) is 21.5. The number of hydrogen-bond acceptors (Lipinski definition) is 3. The summed E-state index contributed by atoms with van der Waals surface area (Å²) in [6, 6.07) is 0. The standard InChI is InChI=1S/C2H7FO7P2.2Na.2H/c3-1-2(4,11(5,6)7)12(8,9)10;;;;/h4H,1H2,(H2,5,6,7)(H2,8,9,10);;;;. The molecule has 7 nitrogen and oxygen atoms in total. The molecule has 0 aliphatic carbocycles. The van der Waals surface area contributed by atoms with E-state index in [0.717, 1.165) is 0 Å². The molecule has 0 spiro atoms. The molecule has 0 rings (SSSR count). The third kappa shape index (κ3) is 4.59. The molecule has 5 N–H and O–H groups in total. The van der Waals surface area contributed by atoms with Crippen LogP contribution in [0.2, 0.25) is 0 Å². The van der Waals surface area contributed by atoms with Crippen molar-refractivity contribution >= 4 is 74.3 Å². The molecule has 0 atom stereocenters. The first-order valence-electron chi connectivity index (χ1n) is 2.46. The van der Waals surface area contributed by atoms with Gasteiger partial charge in [0.05, 0.1) is 0 Å². The van der Waals surface area contributed by atoms with Crippen LogP contribution in [0.3, 0.4) is 0 Å². The molecule has 0 radical (unpaired) electrons. The third-order valence-electron chi connectivity index (χ3n) is 1.11. The Hall–Kier alpha value is 2.19. The minimum absolute atomic E-state index is 0. The molecule has 0 saturated carbocycles. The number of hydrogen-bond donors (Lipinski definition) is 5. The van der Waals surface area contributed by atoms with Gasteiger partial charge in [-0.25, -0.2) is 4.39 Å². The molecule has 0 aromatic heterocycles. The number of aliphatic hydroxyl groups is 1. The molecule has 78 valence electrons. The molecule has 0 aliphatic rings. The quantitative estimate of drug-likeness (QED) is 0.287. The number of halogens is 1. The van der Waals surface area contributed by atoms with Crippen LogP contribution in [0.25, 0.3) is 0 Å². The molecular formula is C2H9FNa2O7P2. The number of rotatable bonds is 3. The molecule has 0 unspecified atom stereocenters. The third-order valence-corrected chi connectivity index (χ3v) is 4.78. The Morgan fingerprint density at radius 2 is 1.21 bits per heavy atom. The van der Waals surface area contributed by atoms with Gasteiger partial charge in [-0.15, -0.1) is 0 Å². The fourth-order valence-corrected chi connectivity index (χ4v) is 1.99. The Balaban J connectivity index is -0.000000605. The van der Waals surface area contributed by atoms with Gasteiger partial charge in [0, 0.05) is 0 Å². The molecule has 0 fully saturated rings. The Bertz CT molecular complexity index is 236. The van der Waals surface area contributed by atoms with E-state index in [9.17, 15) is 13.5 Å².